The van der Waals surface area contributed by atoms with Gasteiger partial charge < -0.3 is 9.47 Å². The van der Waals surface area contributed by atoms with Gasteiger partial charge in [-0.15, -0.1) is 0 Å². The molecule has 0 unspecified atom stereocenters. The maximum absolute atomic E-state index is 14.9. The molecule has 40 heavy (non-hydrogen) atoms. The minimum absolute atomic E-state index is 0.0172. The Hall–Kier alpha value is -2.31. The Morgan fingerprint density at radius 2 is 1.30 bits per heavy atom. The van der Waals surface area contributed by atoms with E-state index in [1.54, 1.807) is 12.1 Å². The molecule has 0 bridgehead atoms. The van der Waals surface area contributed by atoms with Crippen LogP contribution in [0.25, 0.3) is 0 Å². The van der Waals surface area contributed by atoms with Gasteiger partial charge in [-0.05, 0) is 86.8 Å². The molecular weight excluding hydrogens is 523 g/mol. The molecule has 0 N–H and O–H groups in total. The van der Waals surface area contributed by atoms with Gasteiger partial charge in [0.15, 0.2) is 23.1 Å². The lowest BCUT2D eigenvalue weighted by molar-refractivity contribution is 0.201. The quantitative estimate of drug-likeness (QED) is 0.275. The van der Waals surface area contributed by atoms with Crippen molar-refractivity contribution in [2.75, 3.05) is 14.3 Å². The summed E-state index contributed by atoms with van der Waals surface area (Å²) in [6.45, 7) is 4.39. The molecule has 7 heteroatoms. The molecule has 0 amide bonds. The summed E-state index contributed by atoms with van der Waals surface area (Å²) < 4.78 is 76.7. The molecule has 0 radical (unpaired) electrons. The van der Waals surface area contributed by atoms with Gasteiger partial charge in [0, 0.05) is 17.5 Å². The number of halogens is 5. The summed E-state index contributed by atoms with van der Waals surface area (Å²) in [5.41, 5.74) is 1.61. The van der Waals surface area contributed by atoms with Gasteiger partial charge in [0.05, 0.1) is 14.3 Å². The topological polar surface area (TPSA) is 18.5 Å². The SMILES string of the molecule is CCCC1CCC(F)CC1.CCCC1CCC(c2cc3c(c(F)c2F)Oc2c(ccc(OC)c2F)C3)CC1.CF. The Morgan fingerprint density at radius 1 is 0.750 bits per heavy atom. The van der Waals surface area contributed by atoms with Crippen LogP contribution in [-0.4, -0.2) is 20.5 Å². The van der Waals surface area contributed by atoms with E-state index in [0.29, 0.717) is 36.2 Å². The summed E-state index contributed by atoms with van der Waals surface area (Å²) in [7, 11) is 1.85. The van der Waals surface area contributed by atoms with Gasteiger partial charge in [-0.3, -0.25) is 4.39 Å². The van der Waals surface area contributed by atoms with Gasteiger partial charge in [-0.2, -0.15) is 8.78 Å². The Morgan fingerprint density at radius 3 is 1.85 bits per heavy atom. The molecule has 224 valence electrons. The first kappa shape index (κ1) is 32.2. The van der Waals surface area contributed by atoms with Gasteiger partial charge in [0.2, 0.25) is 11.6 Å². The zero-order valence-corrected chi connectivity index (χ0v) is 24.4. The number of hydrogen-bond donors (Lipinski definition) is 0. The lowest BCUT2D eigenvalue weighted by Crippen LogP contribution is -2.16. The summed E-state index contributed by atoms with van der Waals surface area (Å²) in [4.78, 5) is 0. The first-order chi connectivity index (χ1) is 19.4. The normalized spacial score (nSPS) is 23.3. The first-order valence-corrected chi connectivity index (χ1v) is 14.9. The predicted octanol–water partition coefficient (Wildman–Crippen LogP) is 10.8. The number of ether oxygens (including phenoxy) is 2. The van der Waals surface area contributed by atoms with Crippen LogP contribution in [0.4, 0.5) is 22.0 Å². The number of fused-ring (bicyclic) bond motifs is 2. The zero-order chi connectivity index (χ0) is 29.2. The van der Waals surface area contributed by atoms with Crippen molar-refractivity contribution in [3.05, 3.63) is 52.3 Å². The first-order valence-electron chi connectivity index (χ1n) is 14.9. The molecule has 5 rings (SSSR count). The van der Waals surface area contributed by atoms with Crippen LogP contribution in [0.5, 0.6) is 17.2 Å². The van der Waals surface area contributed by atoms with Crippen LogP contribution in [0.3, 0.4) is 0 Å². The highest BCUT2D eigenvalue weighted by Gasteiger charge is 2.32. The maximum Gasteiger partial charge on any atom is 0.207 e. The number of rotatable bonds is 6. The average Bonchev–Trinajstić information content (AvgIpc) is 2.98. The van der Waals surface area contributed by atoms with Gasteiger partial charge in [0.1, 0.15) is 6.17 Å². The van der Waals surface area contributed by atoms with Gasteiger partial charge in [-0.1, -0.05) is 45.6 Å². The second kappa shape index (κ2) is 15.6. The van der Waals surface area contributed by atoms with Crippen LogP contribution in [0, 0.1) is 29.3 Å². The summed E-state index contributed by atoms with van der Waals surface area (Å²) in [5, 5.41) is 0. The fourth-order valence-corrected chi connectivity index (χ4v) is 6.50. The minimum atomic E-state index is -1.02. The standard InChI is InChI=1S/C23H25F3O2.C9H17F.CH3F/c1-3-4-13-5-7-14(8-6-13)17-12-16-11-15-9-10-18(27-2)20(25)22(15)28-23(16)21(26)19(17)24;1-2-3-8-4-6-9(10)7-5-8;1-2/h9-10,12-14H,3-8,11H2,1-2H3;8-9H,2-7H2,1H3;1H3. The van der Waals surface area contributed by atoms with E-state index in [4.69, 9.17) is 9.47 Å². The Balaban J connectivity index is 0.000000309. The molecule has 2 fully saturated rings. The molecule has 0 atom stereocenters. The second-order valence-electron chi connectivity index (χ2n) is 11.3. The molecule has 3 aliphatic rings. The highest BCUT2D eigenvalue weighted by atomic mass is 19.2. The van der Waals surface area contributed by atoms with Crippen LogP contribution >= 0.6 is 0 Å². The van der Waals surface area contributed by atoms with Crippen molar-refractivity contribution in [3.8, 4) is 17.2 Å². The van der Waals surface area contributed by atoms with Gasteiger partial charge in [-0.25, -0.2) is 8.78 Å². The van der Waals surface area contributed by atoms with E-state index in [-0.39, 0.29) is 23.2 Å². The third-order valence-electron chi connectivity index (χ3n) is 8.67. The fraction of sp³-hybridized carbons (Fsp3) is 0.636. The van der Waals surface area contributed by atoms with E-state index in [2.05, 4.69) is 13.8 Å². The molecule has 1 aliphatic heterocycles. The van der Waals surface area contributed by atoms with Crippen molar-refractivity contribution >= 4 is 0 Å². The Bertz CT molecular complexity index is 1070. The van der Waals surface area contributed by atoms with Crippen LogP contribution in [0.2, 0.25) is 0 Å². The van der Waals surface area contributed by atoms with Crippen LogP contribution in [0.15, 0.2) is 18.2 Å². The molecule has 0 saturated heterocycles. The summed E-state index contributed by atoms with van der Waals surface area (Å²) >= 11 is 0. The van der Waals surface area contributed by atoms with Crippen LogP contribution in [0.1, 0.15) is 114 Å². The fourth-order valence-electron chi connectivity index (χ4n) is 6.50. The van der Waals surface area contributed by atoms with Gasteiger partial charge in [0.25, 0.3) is 0 Å². The minimum Gasteiger partial charge on any atom is -0.494 e. The summed E-state index contributed by atoms with van der Waals surface area (Å²) in [6.07, 6.45) is 12.6. The number of benzene rings is 2. The van der Waals surface area contributed by atoms with Crippen molar-refractivity contribution in [2.45, 2.75) is 109 Å². The second-order valence-corrected chi connectivity index (χ2v) is 11.3. The Labute approximate surface area is 236 Å². The van der Waals surface area contributed by atoms with Crippen molar-refractivity contribution in [1.82, 2.24) is 0 Å². The monoisotopic (exact) mass is 568 g/mol. The predicted molar refractivity (Wildman–Crippen MR) is 151 cm³/mol. The average molecular weight is 569 g/mol. The molecule has 2 nitrogen and oxygen atoms in total. The van der Waals surface area contributed by atoms with Crippen molar-refractivity contribution in [3.63, 3.8) is 0 Å². The summed E-state index contributed by atoms with van der Waals surface area (Å²) in [6, 6.07) is 4.96. The van der Waals surface area contributed by atoms with E-state index in [0.717, 1.165) is 63.7 Å². The third-order valence-corrected chi connectivity index (χ3v) is 8.67. The largest absolute Gasteiger partial charge is 0.494 e. The van der Waals surface area contributed by atoms with Crippen molar-refractivity contribution < 1.29 is 31.4 Å². The van der Waals surface area contributed by atoms with Crippen molar-refractivity contribution in [1.29, 1.82) is 0 Å². The molecule has 2 aromatic carbocycles. The maximum atomic E-state index is 14.9. The molecule has 2 saturated carbocycles. The van der Waals surface area contributed by atoms with E-state index in [1.165, 1.54) is 32.4 Å². The van der Waals surface area contributed by atoms with E-state index in [9.17, 15) is 22.0 Å². The number of alkyl halides is 2. The molecule has 2 aromatic rings. The molecule has 0 spiro atoms. The molecule has 2 aliphatic carbocycles. The Kier molecular flexibility index (Phi) is 12.6. The number of hydrogen-bond acceptors (Lipinski definition) is 2. The molecule has 1 heterocycles. The summed E-state index contributed by atoms with van der Waals surface area (Å²) in [5.74, 6) is -1.27. The van der Waals surface area contributed by atoms with Gasteiger partial charge >= 0.3 is 0 Å². The number of methoxy groups -OCH3 is 1. The van der Waals surface area contributed by atoms with Crippen LogP contribution < -0.4 is 9.47 Å². The van der Waals surface area contributed by atoms with Crippen LogP contribution in [-0.2, 0) is 6.42 Å². The smallest absolute Gasteiger partial charge is 0.207 e. The van der Waals surface area contributed by atoms with E-state index >= 15 is 0 Å². The highest BCUT2D eigenvalue weighted by molar-refractivity contribution is 5.55. The lowest BCUT2D eigenvalue weighted by atomic mass is 9.76. The van der Waals surface area contributed by atoms with E-state index in [1.807, 2.05) is 0 Å². The van der Waals surface area contributed by atoms with E-state index < -0.39 is 23.6 Å². The highest BCUT2D eigenvalue weighted by Crippen LogP contribution is 2.46. The third kappa shape index (κ3) is 7.70. The molecular formula is C33H45F5O2. The van der Waals surface area contributed by atoms with Crippen molar-refractivity contribution in [2.24, 2.45) is 11.8 Å². The lowest BCUT2D eigenvalue weighted by Gasteiger charge is -2.30. The molecule has 0 aromatic heterocycles. The zero-order valence-electron chi connectivity index (χ0n) is 24.4.